The van der Waals surface area contributed by atoms with Crippen molar-refractivity contribution in [3.8, 4) is 5.69 Å². The highest BCUT2D eigenvalue weighted by Gasteiger charge is 2.14. The average Bonchev–Trinajstić information content (AvgIpc) is 3.19. The molecule has 0 saturated heterocycles. The highest BCUT2D eigenvalue weighted by molar-refractivity contribution is 7.99. The van der Waals surface area contributed by atoms with Crippen LogP contribution in [0.15, 0.2) is 66.1 Å². The van der Waals surface area contributed by atoms with Crippen LogP contribution in [0.5, 0.6) is 0 Å². The number of nitrogens with zero attached hydrogens (tertiary/aromatic N) is 2. The molecule has 8 heteroatoms. The number of halogens is 1. The first kappa shape index (κ1) is 20.6. The van der Waals surface area contributed by atoms with E-state index in [-0.39, 0.29) is 11.3 Å². The van der Waals surface area contributed by atoms with E-state index in [2.05, 4.69) is 35.7 Å². The lowest BCUT2D eigenvalue weighted by molar-refractivity contribution is -0.119. The van der Waals surface area contributed by atoms with Gasteiger partial charge in [-0.25, -0.2) is 9.37 Å². The van der Waals surface area contributed by atoms with E-state index >= 15 is 0 Å². The fourth-order valence-electron chi connectivity index (χ4n) is 2.78. The Bertz CT molecular complexity index is 1020. The van der Waals surface area contributed by atoms with Crippen molar-refractivity contribution in [3.63, 3.8) is 0 Å². The molecule has 3 rings (SSSR count). The first-order valence-corrected chi connectivity index (χ1v) is 10.0. The zero-order valence-corrected chi connectivity index (χ0v) is 16.9. The zero-order valence-electron chi connectivity index (χ0n) is 16.1. The number of amides is 2. The molecular weight excluding hydrogens is 391 g/mol. The summed E-state index contributed by atoms with van der Waals surface area (Å²) in [7, 11) is 0. The summed E-state index contributed by atoms with van der Waals surface area (Å²) in [5.41, 5.74) is 6.56. The van der Waals surface area contributed by atoms with E-state index in [1.807, 2.05) is 29.0 Å². The molecule has 1 heterocycles. The normalized spacial score (nSPS) is 10.8. The molecule has 2 N–H and O–H groups in total. The second kappa shape index (κ2) is 9.38. The Morgan fingerprint density at radius 1 is 1.10 bits per heavy atom. The van der Waals surface area contributed by atoms with E-state index < -0.39 is 17.6 Å². The van der Waals surface area contributed by atoms with Gasteiger partial charge in [0.2, 0.25) is 5.91 Å². The van der Waals surface area contributed by atoms with Gasteiger partial charge in [0.1, 0.15) is 5.82 Å². The first-order valence-electron chi connectivity index (χ1n) is 9.06. The van der Waals surface area contributed by atoms with E-state index in [1.165, 1.54) is 35.5 Å². The SMILES string of the molecule is CC(C)c1ccccc1-n1ccnc1SCC(=O)NNC(=O)c1ccccc1F. The average molecular weight is 412 g/mol. The fourth-order valence-corrected chi connectivity index (χ4v) is 3.55. The van der Waals surface area contributed by atoms with Gasteiger partial charge in [-0.05, 0) is 29.7 Å². The van der Waals surface area contributed by atoms with Crippen molar-refractivity contribution in [1.29, 1.82) is 0 Å². The minimum absolute atomic E-state index is 0.0401. The van der Waals surface area contributed by atoms with Crippen LogP contribution in [0.25, 0.3) is 5.69 Å². The second-order valence-corrected chi connectivity index (χ2v) is 7.51. The van der Waals surface area contributed by atoms with Crippen LogP contribution in [0.2, 0.25) is 0 Å². The van der Waals surface area contributed by atoms with Crippen molar-refractivity contribution in [2.24, 2.45) is 0 Å². The minimum Gasteiger partial charge on any atom is -0.295 e. The van der Waals surface area contributed by atoms with Crippen molar-refractivity contribution >= 4 is 23.6 Å². The van der Waals surface area contributed by atoms with Crippen molar-refractivity contribution in [1.82, 2.24) is 20.4 Å². The number of rotatable bonds is 6. The quantitative estimate of drug-likeness (QED) is 0.478. The van der Waals surface area contributed by atoms with Gasteiger partial charge in [-0.15, -0.1) is 0 Å². The molecule has 0 spiro atoms. The number of hydrazine groups is 1. The Hall–Kier alpha value is -3.13. The number of hydrogen-bond donors (Lipinski definition) is 2. The van der Waals surface area contributed by atoms with Crippen LogP contribution in [0.1, 0.15) is 35.7 Å². The molecule has 3 aromatic rings. The summed E-state index contributed by atoms with van der Waals surface area (Å²) in [6.45, 7) is 4.24. The Morgan fingerprint density at radius 2 is 1.83 bits per heavy atom. The lowest BCUT2D eigenvalue weighted by atomic mass is 10.0. The molecule has 0 atom stereocenters. The van der Waals surface area contributed by atoms with Crippen molar-refractivity contribution < 1.29 is 14.0 Å². The van der Waals surface area contributed by atoms with Crippen LogP contribution in [0.4, 0.5) is 4.39 Å². The van der Waals surface area contributed by atoms with Crippen LogP contribution in [-0.4, -0.2) is 27.1 Å². The topological polar surface area (TPSA) is 76.0 Å². The summed E-state index contributed by atoms with van der Waals surface area (Å²) >= 11 is 1.24. The summed E-state index contributed by atoms with van der Waals surface area (Å²) in [4.78, 5) is 28.4. The monoisotopic (exact) mass is 412 g/mol. The minimum atomic E-state index is -0.714. The Labute approximate surface area is 172 Å². The van der Waals surface area contributed by atoms with Crippen LogP contribution in [0.3, 0.4) is 0 Å². The number of carbonyl (C=O) groups excluding carboxylic acids is 2. The first-order chi connectivity index (χ1) is 14.0. The van der Waals surface area contributed by atoms with Crippen LogP contribution >= 0.6 is 11.8 Å². The van der Waals surface area contributed by atoms with E-state index in [9.17, 15) is 14.0 Å². The molecule has 29 heavy (non-hydrogen) atoms. The molecule has 0 radical (unpaired) electrons. The van der Waals surface area contributed by atoms with Gasteiger partial charge in [-0.1, -0.05) is 55.9 Å². The lowest BCUT2D eigenvalue weighted by Gasteiger charge is -2.15. The Morgan fingerprint density at radius 3 is 2.59 bits per heavy atom. The van der Waals surface area contributed by atoms with Gasteiger partial charge in [0.15, 0.2) is 5.16 Å². The molecule has 6 nitrogen and oxygen atoms in total. The predicted octanol–water partition coefficient (Wildman–Crippen LogP) is 3.69. The number of carbonyl (C=O) groups is 2. The van der Waals surface area contributed by atoms with E-state index in [0.717, 1.165) is 5.69 Å². The number of imidazole rings is 1. The maximum absolute atomic E-state index is 13.6. The maximum atomic E-state index is 13.6. The number of nitrogens with one attached hydrogen (secondary N) is 2. The van der Waals surface area contributed by atoms with Crippen LogP contribution in [0, 0.1) is 5.82 Å². The molecule has 0 aliphatic heterocycles. The van der Waals surface area contributed by atoms with Gasteiger partial charge >= 0.3 is 0 Å². The molecule has 0 aliphatic rings. The lowest BCUT2D eigenvalue weighted by Crippen LogP contribution is -2.42. The largest absolute Gasteiger partial charge is 0.295 e. The third-order valence-corrected chi connectivity index (χ3v) is 5.16. The molecule has 1 aromatic heterocycles. The van der Waals surface area contributed by atoms with Gasteiger partial charge in [0.25, 0.3) is 5.91 Å². The maximum Gasteiger partial charge on any atom is 0.272 e. The molecule has 2 amide bonds. The van der Waals surface area contributed by atoms with Gasteiger partial charge in [0.05, 0.1) is 17.0 Å². The summed E-state index contributed by atoms with van der Waals surface area (Å²) in [6, 6.07) is 13.6. The highest BCUT2D eigenvalue weighted by Crippen LogP contribution is 2.27. The zero-order chi connectivity index (χ0) is 20.8. The summed E-state index contributed by atoms with van der Waals surface area (Å²) < 4.78 is 15.5. The second-order valence-electron chi connectivity index (χ2n) is 6.56. The van der Waals surface area contributed by atoms with E-state index in [4.69, 9.17) is 0 Å². The van der Waals surface area contributed by atoms with Crippen molar-refractivity contribution in [3.05, 3.63) is 77.9 Å². The molecular formula is C21H21FN4O2S. The molecule has 0 bridgehead atoms. The summed E-state index contributed by atoms with van der Waals surface area (Å²) in [5.74, 6) is -1.42. The molecule has 0 aliphatic carbocycles. The number of benzene rings is 2. The molecule has 0 unspecified atom stereocenters. The number of para-hydroxylation sites is 1. The van der Waals surface area contributed by atoms with E-state index in [1.54, 1.807) is 12.3 Å². The van der Waals surface area contributed by atoms with Crippen LogP contribution in [-0.2, 0) is 4.79 Å². The van der Waals surface area contributed by atoms with Crippen molar-refractivity contribution in [2.75, 3.05) is 5.75 Å². The Balaban J connectivity index is 1.60. The predicted molar refractivity (Wildman–Crippen MR) is 110 cm³/mol. The van der Waals surface area contributed by atoms with Gasteiger partial charge < -0.3 is 0 Å². The van der Waals surface area contributed by atoms with Gasteiger partial charge in [0, 0.05) is 12.4 Å². The summed E-state index contributed by atoms with van der Waals surface area (Å²) in [5, 5.41) is 0.661. The molecule has 150 valence electrons. The molecule has 2 aromatic carbocycles. The molecule has 0 fully saturated rings. The Kier molecular flexibility index (Phi) is 6.66. The number of thioether (sulfide) groups is 1. The number of hydrogen-bond acceptors (Lipinski definition) is 4. The third kappa shape index (κ3) is 5.03. The standard InChI is InChI=1S/C21H21FN4O2S/c1-14(2)15-7-4-6-10-18(15)26-12-11-23-21(26)29-13-19(27)24-25-20(28)16-8-3-5-9-17(16)22/h3-12,14H,13H2,1-2H3,(H,24,27)(H,25,28). The fraction of sp³-hybridized carbons (Fsp3) is 0.190. The van der Waals surface area contributed by atoms with Gasteiger partial charge in [-0.2, -0.15) is 0 Å². The molecule has 0 saturated carbocycles. The van der Waals surface area contributed by atoms with E-state index in [0.29, 0.717) is 11.1 Å². The highest BCUT2D eigenvalue weighted by atomic mass is 32.2. The van der Waals surface area contributed by atoms with Crippen molar-refractivity contribution in [2.45, 2.75) is 24.9 Å². The third-order valence-electron chi connectivity index (χ3n) is 4.19. The van der Waals surface area contributed by atoms with Crippen LogP contribution < -0.4 is 10.9 Å². The van der Waals surface area contributed by atoms with Gasteiger partial charge in [-0.3, -0.25) is 25.0 Å². The number of aromatic nitrogens is 2. The smallest absolute Gasteiger partial charge is 0.272 e. The summed E-state index contributed by atoms with van der Waals surface area (Å²) in [6.07, 6.45) is 3.53.